The lowest BCUT2D eigenvalue weighted by Gasteiger charge is -2.14. The van der Waals surface area contributed by atoms with Crippen LogP contribution in [0.3, 0.4) is 0 Å². The van der Waals surface area contributed by atoms with Crippen molar-refractivity contribution in [2.45, 2.75) is 12.8 Å². The van der Waals surface area contributed by atoms with Crippen LogP contribution >= 0.6 is 0 Å². The topological polar surface area (TPSA) is 94.1 Å². The summed E-state index contributed by atoms with van der Waals surface area (Å²) < 4.78 is 25.6. The van der Waals surface area contributed by atoms with Gasteiger partial charge in [0.25, 0.3) is 11.6 Å². The molecule has 0 aliphatic heterocycles. The van der Waals surface area contributed by atoms with Gasteiger partial charge in [-0.05, 0) is 13.0 Å². The second-order valence-electron chi connectivity index (χ2n) is 3.53. The van der Waals surface area contributed by atoms with Crippen LogP contribution in [0.25, 0.3) is 0 Å². The van der Waals surface area contributed by atoms with Crippen LogP contribution in [0.2, 0.25) is 0 Å². The number of nitrogens with one attached hydrogen (secondary N) is 1. The number of alkyl halides is 2. The molecule has 0 aliphatic carbocycles. The fourth-order valence-corrected chi connectivity index (χ4v) is 1.13. The Kier molecular flexibility index (Phi) is 3.89. The zero-order chi connectivity index (χ0) is 13.1. The zero-order valence-corrected chi connectivity index (χ0v) is 9.11. The highest BCUT2D eigenvalue weighted by molar-refractivity contribution is 5.46. The van der Waals surface area contributed by atoms with Crippen molar-refractivity contribution in [3.8, 4) is 0 Å². The Morgan fingerprint density at radius 2 is 2.29 bits per heavy atom. The molecule has 1 heterocycles. The Balaban J connectivity index is 2.75. The summed E-state index contributed by atoms with van der Waals surface area (Å²) in [7, 11) is 0. The maximum absolute atomic E-state index is 12.8. The number of halogens is 2. The van der Waals surface area contributed by atoms with Crippen LogP contribution < -0.4 is 11.1 Å². The molecule has 0 spiro atoms. The number of nitro groups is 1. The van der Waals surface area contributed by atoms with E-state index in [1.807, 2.05) is 0 Å². The fourth-order valence-electron chi connectivity index (χ4n) is 1.13. The molecule has 0 unspecified atom stereocenters. The summed E-state index contributed by atoms with van der Waals surface area (Å²) in [5, 5.41) is 12.9. The van der Waals surface area contributed by atoms with Crippen molar-refractivity contribution in [1.29, 1.82) is 0 Å². The predicted octanol–water partition coefficient (Wildman–Crippen LogP) is 1.30. The second-order valence-corrected chi connectivity index (χ2v) is 3.53. The number of nitrogens with two attached hydrogens (primary N) is 1. The lowest BCUT2D eigenvalue weighted by Crippen LogP contribution is -2.35. The van der Waals surface area contributed by atoms with Crippen LogP contribution in [-0.4, -0.2) is 28.9 Å². The van der Waals surface area contributed by atoms with Crippen molar-refractivity contribution in [1.82, 2.24) is 4.98 Å². The first-order chi connectivity index (χ1) is 7.85. The zero-order valence-electron chi connectivity index (χ0n) is 9.11. The van der Waals surface area contributed by atoms with Crippen LogP contribution in [0, 0.1) is 17.0 Å². The second kappa shape index (κ2) is 5.00. The Bertz CT molecular complexity index is 425. The minimum Gasteiger partial charge on any atom is -0.364 e. The minimum atomic E-state index is -3.03. The highest BCUT2D eigenvalue weighted by Gasteiger charge is 2.26. The van der Waals surface area contributed by atoms with Crippen molar-refractivity contribution in [3.63, 3.8) is 0 Å². The Labute approximate surface area is 96.0 Å². The van der Waals surface area contributed by atoms with Crippen molar-refractivity contribution >= 4 is 11.5 Å². The molecule has 0 saturated heterocycles. The molecule has 1 rings (SSSR count). The van der Waals surface area contributed by atoms with Gasteiger partial charge in [0.2, 0.25) is 0 Å². The van der Waals surface area contributed by atoms with E-state index in [4.69, 9.17) is 5.73 Å². The summed E-state index contributed by atoms with van der Waals surface area (Å²) in [6.45, 7) is 0.0752. The van der Waals surface area contributed by atoms with E-state index < -0.39 is 23.9 Å². The molecule has 0 aliphatic rings. The van der Waals surface area contributed by atoms with Gasteiger partial charge in [-0.2, -0.15) is 0 Å². The van der Waals surface area contributed by atoms with E-state index in [-0.39, 0.29) is 11.5 Å². The molecular weight excluding hydrogens is 234 g/mol. The van der Waals surface area contributed by atoms with Gasteiger partial charge in [-0.25, -0.2) is 13.8 Å². The monoisotopic (exact) mass is 246 g/mol. The average Bonchev–Trinajstić information content (AvgIpc) is 2.26. The molecule has 0 amide bonds. The van der Waals surface area contributed by atoms with Gasteiger partial charge in [-0.15, -0.1) is 0 Å². The number of rotatable bonds is 5. The number of hydrogen-bond acceptors (Lipinski definition) is 5. The summed E-state index contributed by atoms with van der Waals surface area (Å²) in [5.41, 5.74) is 5.06. The first-order valence-electron chi connectivity index (χ1n) is 4.78. The van der Waals surface area contributed by atoms with Crippen molar-refractivity contribution in [2.24, 2.45) is 5.73 Å². The van der Waals surface area contributed by atoms with Crippen molar-refractivity contribution in [3.05, 3.63) is 27.9 Å². The smallest absolute Gasteiger partial charge is 0.290 e. The first kappa shape index (κ1) is 13.2. The standard InChI is InChI=1S/C9H12F2N4O2/c1-6-2-8(13-3-7(6)15(16)17)14-5-9(10,11)4-12/h2-3H,4-5,12H2,1H3,(H,13,14). The molecule has 0 radical (unpaired) electrons. The third-order valence-electron chi connectivity index (χ3n) is 2.11. The van der Waals surface area contributed by atoms with Crippen molar-refractivity contribution < 1.29 is 13.7 Å². The molecule has 0 bridgehead atoms. The quantitative estimate of drug-likeness (QED) is 0.603. The lowest BCUT2D eigenvalue weighted by atomic mass is 10.2. The highest BCUT2D eigenvalue weighted by Crippen LogP contribution is 2.19. The van der Waals surface area contributed by atoms with Crippen LogP contribution in [0.4, 0.5) is 20.3 Å². The van der Waals surface area contributed by atoms with E-state index in [0.29, 0.717) is 5.56 Å². The van der Waals surface area contributed by atoms with Crippen LogP contribution in [0.1, 0.15) is 5.56 Å². The van der Waals surface area contributed by atoms with Crippen molar-refractivity contribution in [2.75, 3.05) is 18.4 Å². The highest BCUT2D eigenvalue weighted by atomic mass is 19.3. The van der Waals surface area contributed by atoms with Gasteiger partial charge in [0, 0.05) is 5.56 Å². The number of anilines is 1. The lowest BCUT2D eigenvalue weighted by molar-refractivity contribution is -0.385. The molecule has 6 nitrogen and oxygen atoms in total. The third kappa shape index (κ3) is 3.59. The summed E-state index contributed by atoms with van der Waals surface area (Å²) >= 11 is 0. The van der Waals surface area contributed by atoms with Gasteiger partial charge in [0.1, 0.15) is 12.0 Å². The number of nitrogens with zero attached hydrogens (tertiary/aromatic N) is 2. The molecule has 0 atom stereocenters. The van der Waals surface area contributed by atoms with E-state index in [2.05, 4.69) is 10.3 Å². The molecule has 94 valence electrons. The Hall–Kier alpha value is -1.83. The summed E-state index contributed by atoms with van der Waals surface area (Å²) in [6.07, 6.45) is 1.03. The molecule has 0 saturated carbocycles. The van der Waals surface area contributed by atoms with E-state index in [9.17, 15) is 18.9 Å². The largest absolute Gasteiger partial charge is 0.364 e. The first-order valence-corrected chi connectivity index (χ1v) is 4.78. The van der Waals surface area contributed by atoms with E-state index in [1.165, 1.54) is 13.0 Å². The van der Waals surface area contributed by atoms with E-state index in [1.54, 1.807) is 0 Å². The van der Waals surface area contributed by atoms with E-state index in [0.717, 1.165) is 6.20 Å². The molecule has 17 heavy (non-hydrogen) atoms. The summed E-state index contributed by atoms with van der Waals surface area (Å²) in [5.74, 6) is -2.88. The predicted molar refractivity (Wildman–Crippen MR) is 58.1 cm³/mol. The number of pyridine rings is 1. The van der Waals surface area contributed by atoms with Crippen LogP contribution in [0.15, 0.2) is 12.3 Å². The third-order valence-corrected chi connectivity index (χ3v) is 2.11. The molecule has 1 aromatic heterocycles. The molecule has 0 aromatic carbocycles. The normalized spacial score (nSPS) is 11.3. The average molecular weight is 246 g/mol. The Morgan fingerprint density at radius 1 is 1.65 bits per heavy atom. The number of aromatic nitrogens is 1. The van der Waals surface area contributed by atoms with Crippen LogP contribution in [0.5, 0.6) is 0 Å². The number of aryl methyl sites for hydroxylation is 1. The van der Waals surface area contributed by atoms with Gasteiger partial charge < -0.3 is 11.1 Å². The van der Waals surface area contributed by atoms with Gasteiger partial charge in [-0.3, -0.25) is 10.1 Å². The molecule has 0 fully saturated rings. The molecular formula is C9H12F2N4O2. The van der Waals surface area contributed by atoms with Gasteiger partial charge >= 0.3 is 0 Å². The SMILES string of the molecule is Cc1cc(NCC(F)(F)CN)ncc1[N+](=O)[O-]. The molecule has 1 aromatic rings. The van der Waals surface area contributed by atoms with Crippen LogP contribution in [-0.2, 0) is 0 Å². The number of hydrogen-bond donors (Lipinski definition) is 2. The van der Waals surface area contributed by atoms with E-state index >= 15 is 0 Å². The maximum Gasteiger partial charge on any atom is 0.290 e. The summed E-state index contributed by atoms with van der Waals surface area (Å²) in [6, 6.07) is 1.34. The molecule has 3 N–H and O–H groups in total. The Morgan fingerprint density at radius 3 is 2.76 bits per heavy atom. The fraction of sp³-hybridized carbons (Fsp3) is 0.444. The minimum absolute atomic E-state index is 0.152. The van der Waals surface area contributed by atoms with Gasteiger partial charge in [-0.1, -0.05) is 0 Å². The molecule has 8 heteroatoms. The van der Waals surface area contributed by atoms with Gasteiger partial charge in [0.05, 0.1) is 18.0 Å². The maximum atomic E-state index is 12.8. The van der Waals surface area contributed by atoms with Gasteiger partial charge in [0.15, 0.2) is 0 Å². The summed E-state index contributed by atoms with van der Waals surface area (Å²) in [4.78, 5) is 13.6.